The number of rotatable bonds is 5. The maximum atomic E-state index is 12.5. The quantitative estimate of drug-likeness (QED) is 0.679. The topological polar surface area (TPSA) is 78.1 Å². The Bertz CT molecular complexity index is 1050. The predicted octanol–water partition coefficient (Wildman–Crippen LogP) is 3.69. The molecule has 0 saturated heterocycles. The summed E-state index contributed by atoms with van der Waals surface area (Å²) in [6.07, 6.45) is 0. The number of aromatic nitrogens is 2. The van der Waals surface area contributed by atoms with Crippen molar-refractivity contribution >= 4 is 45.7 Å². The van der Waals surface area contributed by atoms with Gasteiger partial charge < -0.3 is 10.3 Å². The third kappa shape index (κ3) is 4.47. The zero-order valence-corrected chi connectivity index (χ0v) is 16.3. The summed E-state index contributed by atoms with van der Waals surface area (Å²) in [4.78, 5) is 33.7. The van der Waals surface area contributed by atoms with Crippen LogP contribution in [0.4, 0.5) is 5.69 Å². The van der Waals surface area contributed by atoms with Gasteiger partial charge in [-0.05, 0) is 44.3 Å². The summed E-state index contributed by atoms with van der Waals surface area (Å²) < 4.78 is 0. The molecule has 0 bridgehead atoms. The van der Waals surface area contributed by atoms with E-state index in [1.807, 2.05) is 6.07 Å². The minimum absolute atomic E-state index is 0.200. The first-order valence-electron chi connectivity index (χ1n) is 8.29. The van der Waals surface area contributed by atoms with Crippen LogP contribution in [0, 0.1) is 0 Å². The monoisotopic (exact) mass is 404 g/mol. The van der Waals surface area contributed by atoms with E-state index in [2.05, 4.69) is 15.3 Å². The molecule has 0 saturated carbocycles. The number of para-hydroxylation sites is 1. The summed E-state index contributed by atoms with van der Waals surface area (Å²) in [5.74, 6) is 0.259. The van der Waals surface area contributed by atoms with Crippen LogP contribution in [0.2, 0.25) is 10.0 Å². The van der Waals surface area contributed by atoms with Gasteiger partial charge in [0.05, 0.1) is 34.2 Å². The maximum absolute atomic E-state index is 12.5. The molecule has 2 aromatic carbocycles. The Morgan fingerprint density at radius 1 is 1.26 bits per heavy atom. The van der Waals surface area contributed by atoms with Crippen LogP contribution in [0.25, 0.3) is 10.9 Å². The number of hydrogen-bond acceptors (Lipinski definition) is 4. The molecule has 3 rings (SSSR count). The van der Waals surface area contributed by atoms with Gasteiger partial charge in [-0.15, -0.1) is 0 Å². The molecule has 1 amide bonds. The fourth-order valence-corrected chi connectivity index (χ4v) is 3.07. The van der Waals surface area contributed by atoms with Gasteiger partial charge in [0, 0.05) is 5.02 Å². The fraction of sp³-hybridized carbons (Fsp3) is 0.211. The number of aromatic amines is 1. The largest absolute Gasteiger partial charge is 0.323 e. The molecular weight excluding hydrogens is 387 g/mol. The molecule has 27 heavy (non-hydrogen) atoms. The molecule has 1 atom stereocenters. The van der Waals surface area contributed by atoms with E-state index in [9.17, 15) is 9.59 Å². The van der Waals surface area contributed by atoms with E-state index < -0.39 is 6.04 Å². The number of hydrogen-bond donors (Lipinski definition) is 2. The van der Waals surface area contributed by atoms with Crippen molar-refractivity contribution in [2.75, 3.05) is 12.4 Å². The van der Waals surface area contributed by atoms with Crippen LogP contribution in [0.15, 0.2) is 47.3 Å². The van der Waals surface area contributed by atoms with Gasteiger partial charge in [0.15, 0.2) is 0 Å². The van der Waals surface area contributed by atoms with Crippen molar-refractivity contribution in [2.24, 2.45) is 0 Å². The van der Waals surface area contributed by atoms with Crippen molar-refractivity contribution in [3.63, 3.8) is 0 Å². The lowest BCUT2D eigenvalue weighted by Crippen LogP contribution is -2.39. The minimum Gasteiger partial charge on any atom is -0.323 e. The van der Waals surface area contributed by atoms with E-state index >= 15 is 0 Å². The molecule has 1 aromatic heterocycles. The van der Waals surface area contributed by atoms with Crippen LogP contribution in [0.3, 0.4) is 0 Å². The fourth-order valence-electron chi connectivity index (χ4n) is 2.61. The molecule has 2 N–H and O–H groups in total. The minimum atomic E-state index is -0.478. The van der Waals surface area contributed by atoms with E-state index in [1.165, 1.54) is 0 Å². The summed E-state index contributed by atoms with van der Waals surface area (Å²) >= 11 is 12.0. The lowest BCUT2D eigenvalue weighted by molar-refractivity contribution is -0.120. The highest BCUT2D eigenvalue weighted by Crippen LogP contribution is 2.25. The molecule has 0 aliphatic rings. The van der Waals surface area contributed by atoms with Crippen LogP contribution < -0.4 is 10.9 Å². The van der Waals surface area contributed by atoms with Crippen LogP contribution in [0.1, 0.15) is 12.7 Å². The van der Waals surface area contributed by atoms with Crippen molar-refractivity contribution in [1.29, 1.82) is 0 Å². The Hall–Kier alpha value is -2.41. The number of nitrogens with one attached hydrogen (secondary N) is 2. The van der Waals surface area contributed by atoms with Crippen molar-refractivity contribution in [3.8, 4) is 0 Å². The first-order valence-corrected chi connectivity index (χ1v) is 9.05. The predicted molar refractivity (Wildman–Crippen MR) is 108 cm³/mol. The third-order valence-corrected chi connectivity index (χ3v) is 4.84. The van der Waals surface area contributed by atoms with Gasteiger partial charge in [0.2, 0.25) is 5.91 Å². The lowest BCUT2D eigenvalue weighted by Gasteiger charge is -2.23. The first kappa shape index (κ1) is 19.4. The van der Waals surface area contributed by atoms with Crippen LogP contribution in [0.5, 0.6) is 0 Å². The summed E-state index contributed by atoms with van der Waals surface area (Å²) in [6.45, 7) is 2.07. The van der Waals surface area contributed by atoms with Crippen LogP contribution >= 0.6 is 23.2 Å². The molecular formula is C19H18Cl2N4O2. The highest BCUT2D eigenvalue weighted by atomic mass is 35.5. The Morgan fingerprint density at radius 3 is 2.74 bits per heavy atom. The van der Waals surface area contributed by atoms with Crippen molar-refractivity contribution < 1.29 is 4.79 Å². The van der Waals surface area contributed by atoms with Gasteiger partial charge >= 0.3 is 0 Å². The summed E-state index contributed by atoms with van der Waals surface area (Å²) in [7, 11) is 1.78. The Labute approximate surface area is 166 Å². The average molecular weight is 405 g/mol. The highest BCUT2D eigenvalue weighted by molar-refractivity contribution is 6.36. The van der Waals surface area contributed by atoms with Crippen molar-refractivity contribution in [1.82, 2.24) is 14.9 Å². The molecule has 0 aliphatic carbocycles. The number of carbonyl (C=O) groups is 1. The molecule has 0 fully saturated rings. The standard InChI is InChI=1S/C19H18Cl2N4O2/c1-11(18(26)23-16-8-7-12(20)9-14(16)21)25(2)10-17-22-15-6-4-3-5-13(15)19(27)24-17/h3-9,11H,10H2,1-2H3,(H,23,26)(H,22,24,27). The molecule has 1 heterocycles. The van der Waals surface area contributed by atoms with Crippen molar-refractivity contribution in [2.45, 2.75) is 19.5 Å². The first-order chi connectivity index (χ1) is 12.8. The number of amides is 1. The van der Waals surface area contributed by atoms with E-state index in [1.54, 1.807) is 55.3 Å². The zero-order chi connectivity index (χ0) is 19.6. The molecule has 140 valence electrons. The SMILES string of the molecule is CC(C(=O)Nc1ccc(Cl)cc1Cl)N(C)Cc1nc2ccccc2c(=O)[nH]1. The highest BCUT2D eigenvalue weighted by Gasteiger charge is 2.20. The second-order valence-electron chi connectivity index (χ2n) is 6.23. The van der Waals surface area contributed by atoms with E-state index in [-0.39, 0.29) is 11.5 Å². The number of fused-ring (bicyclic) bond motifs is 1. The Balaban J connectivity index is 1.72. The molecule has 8 heteroatoms. The zero-order valence-electron chi connectivity index (χ0n) is 14.8. The number of benzene rings is 2. The molecule has 6 nitrogen and oxygen atoms in total. The van der Waals surface area contributed by atoms with Gasteiger partial charge in [-0.1, -0.05) is 35.3 Å². The smallest absolute Gasteiger partial charge is 0.258 e. The van der Waals surface area contributed by atoms with Gasteiger partial charge in [-0.2, -0.15) is 0 Å². The molecule has 0 spiro atoms. The lowest BCUT2D eigenvalue weighted by atomic mass is 10.2. The number of H-pyrrole nitrogens is 1. The van der Waals surface area contributed by atoms with Crippen LogP contribution in [-0.4, -0.2) is 33.9 Å². The molecule has 0 aliphatic heterocycles. The number of nitrogens with zero attached hydrogens (tertiary/aromatic N) is 2. The average Bonchev–Trinajstić information content (AvgIpc) is 2.63. The second-order valence-corrected chi connectivity index (χ2v) is 7.08. The number of likely N-dealkylation sites (N-methyl/N-ethyl adjacent to an activating group) is 1. The summed E-state index contributed by atoms with van der Waals surface area (Å²) in [5.41, 5.74) is 0.910. The van der Waals surface area contributed by atoms with E-state index in [0.29, 0.717) is 39.0 Å². The van der Waals surface area contributed by atoms with Gasteiger partial charge in [-0.25, -0.2) is 4.98 Å². The Kier molecular flexibility index (Phi) is 5.79. The van der Waals surface area contributed by atoms with Gasteiger partial charge in [-0.3, -0.25) is 14.5 Å². The molecule has 0 radical (unpaired) electrons. The van der Waals surface area contributed by atoms with Crippen molar-refractivity contribution in [3.05, 3.63) is 68.7 Å². The van der Waals surface area contributed by atoms with E-state index in [4.69, 9.17) is 23.2 Å². The summed E-state index contributed by atoms with van der Waals surface area (Å²) in [6, 6.07) is 11.5. The van der Waals surface area contributed by atoms with E-state index in [0.717, 1.165) is 0 Å². The number of anilines is 1. The number of halogens is 2. The second kappa shape index (κ2) is 8.08. The normalized spacial score (nSPS) is 12.3. The Morgan fingerprint density at radius 2 is 2.00 bits per heavy atom. The summed E-state index contributed by atoms with van der Waals surface area (Å²) in [5, 5.41) is 4.18. The van der Waals surface area contributed by atoms with Gasteiger partial charge in [0.25, 0.3) is 5.56 Å². The van der Waals surface area contributed by atoms with Crippen LogP contribution in [-0.2, 0) is 11.3 Å². The molecule has 3 aromatic rings. The maximum Gasteiger partial charge on any atom is 0.258 e. The molecule has 1 unspecified atom stereocenters. The van der Waals surface area contributed by atoms with Gasteiger partial charge in [0.1, 0.15) is 5.82 Å². The number of carbonyl (C=O) groups excluding carboxylic acids is 1. The third-order valence-electron chi connectivity index (χ3n) is 4.29.